The molecule has 0 radical (unpaired) electrons. The summed E-state index contributed by atoms with van der Waals surface area (Å²) in [5.74, 6) is -0.0406. The molecule has 0 unspecified atom stereocenters. The zero-order chi connectivity index (χ0) is 11.3. The van der Waals surface area contributed by atoms with E-state index in [4.69, 9.17) is 0 Å². The van der Waals surface area contributed by atoms with Crippen LogP contribution in [-0.2, 0) is 6.42 Å². The van der Waals surface area contributed by atoms with E-state index in [1.54, 1.807) is 18.5 Å². The monoisotopic (exact) mass is 204 g/mol. The first-order chi connectivity index (χ1) is 7.15. The predicted molar refractivity (Wildman–Crippen MR) is 60.8 cm³/mol. The topological polar surface area (TPSA) is 33.2 Å². The number of pyridine rings is 1. The van der Waals surface area contributed by atoms with Gasteiger partial charge in [-0.05, 0) is 18.1 Å². The lowest BCUT2D eigenvalue weighted by Crippen LogP contribution is -2.06. The second kappa shape index (κ2) is 5.29. The summed E-state index contributed by atoms with van der Waals surface area (Å²) in [6, 6.07) is 3.79. The molecule has 0 atom stereocenters. The van der Waals surface area contributed by atoms with E-state index < -0.39 is 0 Å². The molecule has 1 aromatic rings. The van der Waals surface area contributed by atoms with E-state index in [2.05, 4.69) is 4.98 Å². The van der Waals surface area contributed by atoms with Gasteiger partial charge in [0.2, 0.25) is 5.78 Å². The summed E-state index contributed by atoms with van der Waals surface area (Å²) in [6.07, 6.45) is 5.75. The molecule has 3 nitrogen and oxygen atoms in total. The Hall–Kier alpha value is -1.64. The van der Waals surface area contributed by atoms with Crippen LogP contribution in [0.5, 0.6) is 0 Å². The summed E-state index contributed by atoms with van der Waals surface area (Å²) in [6.45, 7) is 2.02. The molecule has 0 aliphatic heterocycles. The van der Waals surface area contributed by atoms with E-state index in [9.17, 15) is 4.79 Å². The van der Waals surface area contributed by atoms with Crippen LogP contribution in [-0.4, -0.2) is 29.8 Å². The molecule has 1 rings (SSSR count). The van der Waals surface area contributed by atoms with Gasteiger partial charge in [0.1, 0.15) is 5.69 Å². The average molecular weight is 204 g/mol. The van der Waals surface area contributed by atoms with Crippen LogP contribution in [0.15, 0.2) is 30.6 Å². The minimum absolute atomic E-state index is 0.0406. The molecule has 3 heteroatoms. The van der Waals surface area contributed by atoms with Crippen molar-refractivity contribution in [3.05, 3.63) is 41.9 Å². The Morgan fingerprint density at radius 3 is 2.87 bits per heavy atom. The second-order valence-corrected chi connectivity index (χ2v) is 3.51. The number of aryl methyl sites for hydroxylation is 1. The maximum Gasteiger partial charge on any atom is 0.205 e. The van der Waals surface area contributed by atoms with Crippen LogP contribution < -0.4 is 0 Å². The second-order valence-electron chi connectivity index (χ2n) is 3.51. The number of carbonyl (C=O) groups is 1. The van der Waals surface area contributed by atoms with Crippen molar-refractivity contribution in [1.82, 2.24) is 9.88 Å². The van der Waals surface area contributed by atoms with Crippen molar-refractivity contribution in [2.45, 2.75) is 13.3 Å². The number of allylic oxidation sites excluding steroid dienone is 1. The lowest BCUT2D eigenvalue weighted by molar-refractivity contribution is 0.104. The largest absolute Gasteiger partial charge is 0.383 e. The van der Waals surface area contributed by atoms with Gasteiger partial charge in [-0.1, -0.05) is 13.0 Å². The fourth-order valence-electron chi connectivity index (χ4n) is 1.24. The zero-order valence-electron chi connectivity index (χ0n) is 9.40. The van der Waals surface area contributed by atoms with Crippen molar-refractivity contribution >= 4 is 5.78 Å². The molecule has 1 aromatic heterocycles. The Bertz CT molecular complexity index is 370. The molecule has 0 spiro atoms. The van der Waals surface area contributed by atoms with Crippen LogP contribution in [0.25, 0.3) is 0 Å². The van der Waals surface area contributed by atoms with Crippen molar-refractivity contribution in [3.8, 4) is 0 Å². The highest BCUT2D eigenvalue weighted by atomic mass is 16.1. The van der Waals surface area contributed by atoms with Crippen molar-refractivity contribution in [1.29, 1.82) is 0 Å². The molecule has 0 bridgehead atoms. The smallest absolute Gasteiger partial charge is 0.205 e. The predicted octanol–water partition coefficient (Wildman–Crippen LogP) is 1.90. The van der Waals surface area contributed by atoms with Gasteiger partial charge in [-0.15, -0.1) is 0 Å². The van der Waals surface area contributed by atoms with E-state index in [1.165, 1.54) is 0 Å². The van der Waals surface area contributed by atoms with Gasteiger partial charge in [-0.25, -0.2) is 0 Å². The molecule has 0 saturated heterocycles. The Morgan fingerprint density at radius 1 is 1.53 bits per heavy atom. The minimum Gasteiger partial charge on any atom is -0.383 e. The van der Waals surface area contributed by atoms with Gasteiger partial charge in [-0.3, -0.25) is 9.78 Å². The Labute approximate surface area is 90.4 Å². The van der Waals surface area contributed by atoms with Gasteiger partial charge >= 0.3 is 0 Å². The van der Waals surface area contributed by atoms with Crippen LogP contribution in [0.1, 0.15) is 23.0 Å². The maximum atomic E-state index is 11.8. The van der Waals surface area contributed by atoms with E-state index in [0.29, 0.717) is 5.69 Å². The lowest BCUT2D eigenvalue weighted by Gasteiger charge is -2.04. The number of aromatic nitrogens is 1. The third kappa shape index (κ3) is 3.20. The van der Waals surface area contributed by atoms with Crippen molar-refractivity contribution in [2.24, 2.45) is 0 Å². The van der Waals surface area contributed by atoms with Crippen LogP contribution in [0, 0.1) is 0 Å². The van der Waals surface area contributed by atoms with Crippen molar-refractivity contribution in [2.75, 3.05) is 14.1 Å². The Kier molecular flexibility index (Phi) is 4.03. The van der Waals surface area contributed by atoms with Gasteiger partial charge in [-0.2, -0.15) is 0 Å². The van der Waals surface area contributed by atoms with E-state index in [-0.39, 0.29) is 5.78 Å². The molecule has 1 heterocycles. The first kappa shape index (κ1) is 11.4. The highest BCUT2D eigenvalue weighted by Gasteiger charge is 2.07. The summed E-state index contributed by atoms with van der Waals surface area (Å²) in [7, 11) is 3.76. The van der Waals surface area contributed by atoms with Crippen LogP contribution in [0.3, 0.4) is 0 Å². The minimum atomic E-state index is -0.0406. The third-order valence-electron chi connectivity index (χ3n) is 2.03. The van der Waals surface area contributed by atoms with Crippen LogP contribution in [0.4, 0.5) is 0 Å². The van der Waals surface area contributed by atoms with Crippen molar-refractivity contribution in [3.63, 3.8) is 0 Å². The highest BCUT2D eigenvalue weighted by molar-refractivity contribution is 6.03. The third-order valence-corrected chi connectivity index (χ3v) is 2.03. The average Bonchev–Trinajstić information content (AvgIpc) is 2.25. The van der Waals surface area contributed by atoms with Crippen LogP contribution in [0.2, 0.25) is 0 Å². The summed E-state index contributed by atoms with van der Waals surface area (Å²) in [5, 5.41) is 0. The molecule has 15 heavy (non-hydrogen) atoms. The Balaban J connectivity index is 2.91. The molecule has 80 valence electrons. The number of rotatable bonds is 4. The van der Waals surface area contributed by atoms with Gasteiger partial charge in [0.15, 0.2) is 0 Å². The molecule has 0 N–H and O–H groups in total. The van der Waals surface area contributed by atoms with Crippen LogP contribution >= 0.6 is 0 Å². The number of ketones is 1. The number of carbonyl (C=O) groups excluding carboxylic acids is 1. The SMILES string of the molecule is CCc1cccnc1C(=O)C=CN(C)C. The van der Waals surface area contributed by atoms with Gasteiger partial charge < -0.3 is 4.90 Å². The molecule has 0 aliphatic carbocycles. The van der Waals surface area contributed by atoms with Gasteiger partial charge in [0.25, 0.3) is 0 Å². The molecular weight excluding hydrogens is 188 g/mol. The maximum absolute atomic E-state index is 11.8. The molecule has 0 aliphatic rings. The molecule has 0 aromatic carbocycles. The Morgan fingerprint density at radius 2 is 2.27 bits per heavy atom. The first-order valence-electron chi connectivity index (χ1n) is 4.98. The van der Waals surface area contributed by atoms with E-state index >= 15 is 0 Å². The fraction of sp³-hybridized carbons (Fsp3) is 0.333. The number of hydrogen-bond acceptors (Lipinski definition) is 3. The summed E-state index contributed by atoms with van der Waals surface area (Å²) in [4.78, 5) is 17.7. The first-order valence-corrected chi connectivity index (χ1v) is 4.98. The van der Waals surface area contributed by atoms with Gasteiger partial charge in [0.05, 0.1) is 0 Å². The van der Waals surface area contributed by atoms with E-state index in [1.807, 2.05) is 38.1 Å². The quantitative estimate of drug-likeness (QED) is 0.555. The number of nitrogens with zero attached hydrogens (tertiary/aromatic N) is 2. The molecule has 0 fully saturated rings. The van der Waals surface area contributed by atoms with E-state index in [0.717, 1.165) is 12.0 Å². The number of hydrogen-bond donors (Lipinski definition) is 0. The molecule has 0 amide bonds. The normalized spacial score (nSPS) is 10.6. The molecule has 0 saturated carbocycles. The summed E-state index contributed by atoms with van der Waals surface area (Å²) >= 11 is 0. The van der Waals surface area contributed by atoms with Crippen molar-refractivity contribution < 1.29 is 4.79 Å². The summed E-state index contributed by atoms with van der Waals surface area (Å²) < 4.78 is 0. The molecular formula is C12H16N2O. The summed E-state index contributed by atoms with van der Waals surface area (Å²) in [5.41, 5.74) is 1.55. The fourth-order valence-corrected chi connectivity index (χ4v) is 1.24. The zero-order valence-corrected chi connectivity index (χ0v) is 9.40. The standard InChI is InChI=1S/C12H16N2O/c1-4-10-6-5-8-13-12(10)11(15)7-9-14(2)3/h5-9H,4H2,1-3H3. The van der Waals surface area contributed by atoms with Gasteiger partial charge in [0, 0.05) is 32.6 Å². The lowest BCUT2D eigenvalue weighted by atomic mass is 10.1. The highest BCUT2D eigenvalue weighted by Crippen LogP contribution is 2.07.